The Hall–Kier alpha value is -2.72. The first kappa shape index (κ1) is 40.7. The molecule has 0 aliphatic heterocycles. The summed E-state index contributed by atoms with van der Waals surface area (Å²) < 4.78 is 38.8. The van der Waals surface area contributed by atoms with Crippen LogP contribution >= 0.6 is 7.92 Å². The van der Waals surface area contributed by atoms with Crippen molar-refractivity contribution in [2.45, 2.75) is 75.5 Å². The number of ether oxygens (including phenoxy) is 2. The molecule has 2 aliphatic rings. The Morgan fingerprint density at radius 2 is 1.20 bits per heavy atom. The second-order valence-electron chi connectivity index (χ2n) is 12.3. The van der Waals surface area contributed by atoms with Crippen LogP contribution in [-0.2, 0) is 30.5 Å². The molecule has 2 aliphatic carbocycles. The van der Waals surface area contributed by atoms with Gasteiger partial charge in [-0.15, -0.1) is 12.7 Å². The van der Waals surface area contributed by atoms with E-state index in [0.29, 0.717) is 6.26 Å². The molecule has 4 aromatic carbocycles. The summed E-state index contributed by atoms with van der Waals surface area (Å²) in [6.07, 6.45) is 14.8. The van der Waals surface area contributed by atoms with Gasteiger partial charge in [-0.25, -0.2) is 8.42 Å². The summed E-state index contributed by atoms with van der Waals surface area (Å²) in [5.41, 5.74) is 7.46. The SMILES string of the molecule is COc1cccc(OC)c1-c1ccccc1P(C1CCCCC1)C1CCCCC1.CS(=O)(=O)[O-].C[N-]c1ccccc1-c1[c]cccc1.[Pd+2]. The minimum absolute atomic E-state index is 0. The molecule has 0 bridgehead atoms. The number of nitrogens with zero attached hydrogens (tertiary/aromatic N) is 1. The molecule has 0 heterocycles. The van der Waals surface area contributed by atoms with Crippen molar-refractivity contribution >= 4 is 29.0 Å². The first-order valence-corrected chi connectivity index (χ1v) is 20.2. The number of methoxy groups -OCH3 is 2. The van der Waals surface area contributed by atoms with E-state index in [4.69, 9.17) is 22.4 Å². The van der Waals surface area contributed by atoms with E-state index in [1.54, 1.807) is 19.5 Å². The standard InChI is InChI=1S/C26H35O2P.C13H11N.CH4O3S.Pd/c1-27-23-17-11-18-24(28-2)26(23)22-16-9-10-19-25(22)29(20-12-5-3-6-13-20)21-14-7-4-8-15-21;1-14-13-10-6-5-9-12(13)11-7-3-2-4-8-11;1-5(2,3)4;/h9-11,16-21H,3-8,12-15H2,1-2H3;2-7,9-10H,1H3;1H3,(H,2,3,4);/q;-1;;+2/p-1. The molecule has 6 rings (SSSR count). The molecule has 1 radical (unpaired) electrons. The Balaban J connectivity index is 0.000000270. The molecule has 0 spiro atoms. The van der Waals surface area contributed by atoms with Gasteiger partial charge in [-0.3, -0.25) is 0 Å². The maximum Gasteiger partial charge on any atom is 2.00 e. The molecular formula is C40H49NO5PPdS. The molecule has 0 atom stereocenters. The minimum atomic E-state index is -3.92. The topological polar surface area (TPSA) is 89.8 Å². The van der Waals surface area contributed by atoms with Gasteiger partial charge in [0.05, 0.1) is 29.9 Å². The van der Waals surface area contributed by atoms with Crippen molar-refractivity contribution in [2.24, 2.45) is 0 Å². The Morgan fingerprint density at radius 3 is 1.69 bits per heavy atom. The summed E-state index contributed by atoms with van der Waals surface area (Å²) in [5, 5.41) is 5.81. The van der Waals surface area contributed by atoms with E-state index in [0.717, 1.165) is 45.2 Å². The number of rotatable bonds is 8. The second kappa shape index (κ2) is 20.8. The van der Waals surface area contributed by atoms with Crippen LogP contribution in [0.25, 0.3) is 27.6 Å². The van der Waals surface area contributed by atoms with Crippen LogP contribution in [0.5, 0.6) is 11.5 Å². The van der Waals surface area contributed by atoms with E-state index in [2.05, 4.69) is 53.8 Å². The van der Waals surface area contributed by atoms with Crippen molar-refractivity contribution in [1.29, 1.82) is 0 Å². The van der Waals surface area contributed by atoms with E-state index < -0.39 is 10.1 Å². The summed E-state index contributed by atoms with van der Waals surface area (Å²) in [7, 11) is 1.25. The van der Waals surface area contributed by atoms with Gasteiger partial charge in [0, 0.05) is 6.26 Å². The van der Waals surface area contributed by atoms with Crippen molar-refractivity contribution in [3.05, 3.63) is 102 Å². The van der Waals surface area contributed by atoms with Crippen LogP contribution in [0.2, 0.25) is 0 Å². The Kier molecular flexibility index (Phi) is 17.3. The summed E-state index contributed by atoms with van der Waals surface area (Å²) in [6.45, 7) is 0. The summed E-state index contributed by atoms with van der Waals surface area (Å²) in [6, 6.07) is 34.5. The Bertz CT molecular complexity index is 1610. The van der Waals surface area contributed by atoms with Gasteiger partial charge < -0.3 is 19.3 Å². The average Bonchev–Trinajstić information content (AvgIpc) is 3.12. The molecule has 265 valence electrons. The van der Waals surface area contributed by atoms with Crippen LogP contribution in [0.15, 0.2) is 91.0 Å². The number of para-hydroxylation sites is 1. The Morgan fingerprint density at radius 1 is 0.714 bits per heavy atom. The fourth-order valence-electron chi connectivity index (χ4n) is 6.89. The monoisotopic (exact) mass is 792 g/mol. The van der Waals surface area contributed by atoms with Crippen molar-refractivity contribution in [2.75, 3.05) is 27.5 Å². The van der Waals surface area contributed by atoms with Gasteiger partial charge in [0.15, 0.2) is 0 Å². The zero-order valence-electron chi connectivity index (χ0n) is 29.0. The van der Waals surface area contributed by atoms with Crippen molar-refractivity contribution in [3.63, 3.8) is 0 Å². The van der Waals surface area contributed by atoms with Crippen molar-refractivity contribution in [3.8, 4) is 33.8 Å². The minimum Gasteiger partial charge on any atom is -0.748 e. The predicted octanol–water partition coefficient (Wildman–Crippen LogP) is 10.1. The van der Waals surface area contributed by atoms with E-state index >= 15 is 0 Å². The van der Waals surface area contributed by atoms with Gasteiger partial charge in [-0.1, -0.05) is 125 Å². The van der Waals surface area contributed by atoms with Gasteiger partial charge in [-0.05, 0) is 77.2 Å². The zero-order chi connectivity index (χ0) is 34.4. The fraction of sp³-hybridized carbons (Fsp3) is 0.400. The van der Waals surface area contributed by atoms with E-state index in [1.807, 2.05) is 55.6 Å². The third kappa shape index (κ3) is 12.2. The molecule has 6 nitrogen and oxygen atoms in total. The second-order valence-corrected chi connectivity index (χ2v) is 16.4. The summed E-state index contributed by atoms with van der Waals surface area (Å²) in [4.78, 5) is 0. The summed E-state index contributed by atoms with van der Waals surface area (Å²) in [5.74, 6) is 1.83. The molecule has 2 fully saturated rings. The van der Waals surface area contributed by atoms with Crippen LogP contribution in [0, 0.1) is 6.07 Å². The van der Waals surface area contributed by atoms with Crippen LogP contribution in [0.4, 0.5) is 5.69 Å². The smallest absolute Gasteiger partial charge is 0.748 e. The first-order chi connectivity index (χ1) is 23.2. The van der Waals surface area contributed by atoms with Gasteiger partial charge in [-0.2, -0.15) is 0 Å². The van der Waals surface area contributed by atoms with Gasteiger partial charge in [0.25, 0.3) is 0 Å². The molecule has 4 aromatic rings. The van der Waals surface area contributed by atoms with Crippen molar-refractivity contribution in [1.82, 2.24) is 0 Å². The largest absolute Gasteiger partial charge is 2.00 e. The van der Waals surface area contributed by atoms with Gasteiger partial charge >= 0.3 is 20.4 Å². The quantitative estimate of drug-likeness (QED) is 0.101. The number of hydrogen-bond donors (Lipinski definition) is 0. The predicted molar refractivity (Wildman–Crippen MR) is 201 cm³/mol. The molecular weight excluding hydrogens is 744 g/mol. The number of benzene rings is 4. The van der Waals surface area contributed by atoms with E-state index in [-0.39, 0.29) is 28.3 Å². The maximum absolute atomic E-state index is 9.08. The van der Waals surface area contributed by atoms with Crippen LogP contribution in [-0.4, -0.2) is 51.8 Å². The molecule has 9 heteroatoms. The molecule has 0 aromatic heterocycles. The fourth-order valence-corrected chi connectivity index (χ4v) is 10.8. The molecule has 0 unspecified atom stereocenters. The van der Waals surface area contributed by atoms with Crippen molar-refractivity contribution < 1.29 is 42.9 Å². The molecule has 49 heavy (non-hydrogen) atoms. The maximum atomic E-state index is 9.08. The normalized spacial score (nSPS) is 15.1. The van der Waals surface area contributed by atoms with Crippen LogP contribution < -0.4 is 14.8 Å². The zero-order valence-corrected chi connectivity index (χ0v) is 32.3. The molecule has 0 amide bonds. The molecule has 2 saturated carbocycles. The molecule has 0 saturated heterocycles. The first-order valence-electron chi connectivity index (χ1n) is 16.9. The van der Waals surface area contributed by atoms with Gasteiger partial charge in [0.2, 0.25) is 0 Å². The van der Waals surface area contributed by atoms with Crippen LogP contribution in [0.3, 0.4) is 0 Å². The third-order valence-electron chi connectivity index (χ3n) is 8.96. The third-order valence-corrected chi connectivity index (χ3v) is 12.5. The molecule has 0 N–H and O–H groups in total. The summed E-state index contributed by atoms with van der Waals surface area (Å²) >= 11 is 0. The average molecular weight is 793 g/mol. The van der Waals surface area contributed by atoms with E-state index in [9.17, 15) is 0 Å². The Labute approximate surface area is 309 Å². The van der Waals surface area contributed by atoms with E-state index in [1.165, 1.54) is 69.8 Å². The number of hydrogen-bond acceptors (Lipinski definition) is 5. The van der Waals surface area contributed by atoms with Gasteiger partial charge in [0.1, 0.15) is 11.5 Å². The van der Waals surface area contributed by atoms with Crippen LogP contribution in [0.1, 0.15) is 64.2 Å².